The van der Waals surface area contributed by atoms with Crippen LogP contribution in [0.15, 0.2) is 59.8 Å². The van der Waals surface area contributed by atoms with Crippen molar-refractivity contribution in [2.75, 3.05) is 5.32 Å². The van der Waals surface area contributed by atoms with Gasteiger partial charge in [-0.05, 0) is 18.2 Å². The van der Waals surface area contributed by atoms with Crippen LogP contribution in [0.4, 0.5) is 5.69 Å². The van der Waals surface area contributed by atoms with Crippen LogP contribution in [0.25, 0.3) is 0 Å². The van der Waals surface area contributed by atoms with Crippen molar-refractivity contribution in [2.45, 2.75) is 18.4 Å². The standard InChI is InChI=1S/C18H15ClN2O4/c19-14-9-5-4-8-13(14)15-10-18(17(23)24,25-21-15)11-16(22)20-12-6-2-1-3-7-12/h1-9H,10-11H2,(H,20,22)(H,23,24)/t18-/m1/s1. The summed E-state index contributed by atoms with van der Waals surface area (Å²) >= 11 is 6.13. The smallest absolute Gasteiger partial charge is 0.351 e. The van der Waals surface area contributed by atoms with Gasteiger partial charge in [-0.1, -0.05) is 53.2 Å². The number of benzene rings is 2. The molecule has 0 bridgehead atoms. The second kappa shape index (κ2) is 6.94. The number of carbonyl (C=O) groups is 2. The lowest BCUT2D eigenvalue weighted by atomic mass is 9.90. The highest BCUT2D eigenvalue weighted by atomic mass is 35.5. The maximum atomic E-state index is 12.3. The Hall–Kier alpha value is -2.86. The van der Waals surface area contributed by atoms with Gasteiger partial charge in [-0.3, -0.25) is 4.79 Å². The molecule has 2 aromatic carbocycles. The average Bonchev–Trinajstić information content (AvgIpc) is 3.01. The van der Waals surface area contributed by atoms with Gasteiger partial charge in [0.2, 0.25) is 11.5 Å². The van der Waals surface area contributed by atoms with Gasteiger partial charge in [0.25, 0.3) is 0 Å². The number of hydrogen-bond donors (Lipinski definition) is 2. The molecule has 1 aliphatic heterocycles. The topological polar surface area (TPSA) is 88.0 Å². The van der Waals surface area contributed by atoms with E-state index in [1.807, 2.05) is 6.07 Å². The molecular formula is C18H15ClN2O4. The number of oxime groups is 1. The van der Waals surface area contributed by atoms with E-state index in [0.29, 0.717) is 22.0 Å². The fourth-order valence-corrected chi connectivity index (χ4v) is 2.83. The van der Waals surface area contributed by atoms with Crippen LogP contribution in [0.3, 0.4) is 0 Å². The monoisotopic (exact) mass is 358 g/mol. The average molecular weight is 359 g/mol. The fraction of sp³-hybridized carbons (Fsp3) is 0.167. The largest absolute Gasteiger partial charge is 0.478 e. The number of amides is 1. The lowest BCUT2D eigenvalue weighted by Crippen LogP contribution is -2.42. The predicted molar refractivity (Wildman–Crippen MR) is 93.7 cm³/mol. The summed E-state index contributed by atoms with van der Waals surface area (Å²) in [6.45, 7) is 0. The Balaban J connectivity index is 1.75. The van der Waals surface area contributed by atoms with E-state index in [1.54, 1.807) is 48.5 Å². The summed E-state index contributed by atoms with van der Waals surface area (Å²) in [6, 6.07) is 15.7. The zero-order valence-electron chi connectivity index (χ0n) is 13.1. The molecule has 6 nitrogen and oxygen atoms in total. The molecule has 2 N–H and O–H groups in total. The molecule has 3 rings (SSSR count). The highest BCUT2D eigenvalue weighted by molar-refractivity contribution is 6.34. The van der Waals surface area contributed by atoms with Crippen LogP contribution in [0.5, 0.6) is 0 Å². The van der Waals surface area contributed by atoms with Crippen LogP contribution < -0.4 is 5.32 Å². The third kappa shape index (κ3) is 3.64. The summed E-state index contributed by atoms with van der Waals surface area (Å²) in [5.74, 6) is -1.72. The lowest BCUT2D eigenvalue weighted by molar-refractivity contribution is -0.165. The summed E-state index contributed by atoms with van der Waals surface area (Å²) in [6.07, 6.45) is -0.414. The van der Waals surface area contributed by atoms with Crippen LogP contribution >= 0.6 is 11.6 Å². The first-order chi connectivity index (χ1) is 12.0. The molecule has 0 radical (unpaired) electrons. The molecule has 1 atom stereocenters. The minimum absolute atomic E-state index is 0.0473. The van der Waals surface area contributed by atoms with Crippen LogP contribution in [0.1, 0.15) is 18.4 Å². The van der Waals surface area contributed by atoms with Crippen molar-refractivity contribution in [3.8, 4) is 0 Å². The van der Waals surface area contributed by atoms with Gasteiger partial charge in [-0.15, -0.1) is 0 Å². The number of aliphatic carboxylic acids is 1. The third-order valence-electron chi connectivity index (χ3n) is 3.86. The third-order valence-corrected chi connectivity index (χ3v) is 4.19. The molecule has 1 amide bonds. The minimum Gasteiger partial charge on any atom is -0.478 e. The van der Waals surface area contributed by atoms with E-state index < -0.39 is 17.5 Å². The number of carboxylic acid groups (broad SMARTS) is 1. The van der Waals surface area contributed by atoms with Gasteiger partial charge >= 0.3 is 5.97 Å². The lowest BCUT2D eigenvalue weighted by Gasteiger charge is -2.21. The van der Waals surface area contributed by atoms with Gasteiger partial charge in [0.05, 0.1) is 12.1 Å². The summed E-state index contributed by atoms with van der Waals surface area (Å²) < 4.78 is 0. The SMILES string of the molecule is O=C(C[C@@]1(C(=O)O)CC(c2ccccc2Cl)=NO1)Nc1ccccc1. The van der Waals surface area contributed by atoms with E-state index in [1.165, 1.54) is 0 Å². The molecule has 0 saturated heterocycles. The number of halogens is 1. The molecule has 7 heteroatoms. The van der Waals surface area contributed by atoms with Gasteiger partial charge in [0, 0.05) is 22.7 Å². The van der Waals surface area contributed by atoms with Gasteiger partial charge in [0.15, 0.2) is 0 Å². The summed E-state index contributed by atoms with van der Waals surface area (Å²) in [7, 11) is 0. The van der Waals surface area contributed by atoms with Gasteiger partial charge in [-0.25, -0.2) is 4.79 Å². The molecule has 0 fully saturated rings. The zero-order chi connectivity index (χ0) is 17.9. The number of nitrogens with zero attached hydrogens (tertiary/aromatic N) is 1. The molecule has 0 aromatic heterocycles. The van der Waals surface area contributed by atoms with Crippen molar-refractivity contribution < 1.29 is 19.5 Å². The summed E-state index contributed by atoms with van der Waals surface area (Å²) in [5.41, 5.74) is -0.164. The molecule has 0 aliphatic carbocycles. The van der Waals surface area contributed by atoms with E-state index >= 15 is 0 Å². The van der Waals surface area contributed by atoms with Gasteiger partial charge in [-0.2, -0.15) is 0 Å². The minimum atomic E-state index is -1.74. The Bertz CT molecular complexity index is 838. The number of carboxylic acids is 1. The maximum absolute atomic E-state index is 12.3. The first-order valence-corrected chi connectivity index (χ1v) is 7.96. The Morgan fingerprint density at radius 3 is 2.52 bits per heavy atom. The number of carbonyl (C=O) groups excluding carboxylic acids is 1. The predicted octanol–water partition coefficient (Wildman–Crippen LogP) is 3.32. The number of anilines is 1. The highest BCUT2D eigenvalue weighted by Gasteiger charge is 2.49. The summed E-state index contributed by atoms with van der Waals surface area (Å²) in [5, 5.41) is 16.6. The van der Waals surface area contributed by atoms with Crippen LogP contribution in [0.2, 0.25) is 5.02 Å². The Morgan fingerprint density at radius 1 is 1.16 bits per heavy atom. The van der Waals surface area contributed by atoms with Crippen molar-refractivity contribution in [1.29, 1.82) is 0 Å². The number of nitrogens with one attached hydrogen (secondary N) is 1. The van der Waals surface area contributed by atoms with E-state index in [4.69, 9.17) is 16.4 Å². The Morgan fingerprint density at radius 2 is 1.84 bits per heavy atom. The molecule has 2 aromatic rings. The summed E-state index contributed by atoms with van der Waals surface area (Å²) in [4.78, 5) is 29.2. The second-order valence-corrected chi connectivity index (χ2v) is 6.08. The Labute approximate surface area is 149 Å². The van der Waals surface area contributed by atoms with Crippen molar-refractivity contribution >= 4 is 34.9 Å². The van der Waals surface area contributed by atoms with E-state index in [2.05, 4.69) is 10.5 Å². The fourth-order valence-electron chi connectivity index (χ4n) is 2.59. The van der Waals surface area contributed by atoms with Gasteiger partial charge < -0.3 is 15.3 Å². The van der Waals surface area contributed by atoms with Crippen molar-refractivity contribution in [3.05, 3.63) is 65.2 Å². The molecule has 1 heterocycles. The highest BCUT2D eigenvalue weighted by Crippen LogP contribution is 2.32. The number of rotatable bonds is 5. The van der Waals surface area contributed by atoms with E-state index in [9.17, 15) is 14.7 Å². The molecule has 1 aliphatic rings. The molecular weight excluding hydrogens is 344 g/mol. The van der Waals surface area contributed by atoms with Gasteiger partial charge in [0.1, 0.15) is 0 Å². The quantitative estimate of drug-likeness (QED) is 0.858. The molecule has 0 spiro atoms. The van der Waals surface area contributed by atoms with Crippen molar-refractivity contribution in [1.82, 2.24) is 0 Å². The van der Waals surface area contributed by atoms with Crippen LogP contribution in [0, 0.1) is 0 Å². The molecule has 128 valence electrons. The molecule has 0 saturated carbocycles. The normalized spacial score (nSPS) is 19.0. The second-order valence-electron chi connectivity index (χ2n) is 5.68. The van der Waals surface area contributed by atoms with Crippen molar-refractivity contribution in [3.63, 3.8) is 0 Å². The first kappa shape index (κ1) is 17.0. The van der Waals surface area contributed by atoms with E-state index in [-0.39, 0.29) is 12.8 Å². The zero-order valence-corrected chi connectivity index (χ0v) is 13.9. The molecule has 0 unspecified atom stereocenters. The van der Waals surface area contributed by atoms with Crippen LogP contribution in [-0.2, 0) is 14.4 Å². The molecule has 25 heavy (non-hydrogen) atoms. The first-order valence-electron chi connectivity index (χ1n) is 7.58. The number of para-hydroxylation sites is 1. The number of hydrogen-bond acceptors (Lipinski definition) is 4. The Kier molecular flexibility index (Phi) is 4.72. The van der Waals surface area contributed by atoms with Crippen LogP contribution in [-0.4, -0.2) is 28.3 Å². The maximum Gasteiger partial charge on any atom is 0.351 e. The van der Waals surface area contributed by atoms with E-state index in [0.717, 1.165) is 0 Å². The van der Waals surface area contributed by atoms with Crippen molar-refractivity contribution in [2.24, 2.45) is 5.16 Å².